The summed E-state index contributed by atoms with van der Waals surface area (Å²) < 4.78 is 6.80. The average Bonchev–Trinajstić information content (AvgIpc) is 2.95. The molecule has 0 saturated carbocycles. The summed E-state index contributed by atoms with van der Waals surface area (Å²) in [5.74, 6) is 1.04. The maximum absolute atomic E-state index is 5.61. The summed E-state index contributed by atoms with van der Waals surface area (Å²) in [5.41, 5.74) is 5.17. The Kier molecular flexibility index (Phi) is 4.32. The molecule has 3 rings (SSSR count). The largest absolute Gasteiger partial charge is 0.493 e. The molecule has 1 aliphatic heterocycles. The molecule has 110 valence electrons. The zero-order valence-electron chi connectivity index (χ0n) is 12.4. The molecule has 2 aromatic rings. The Balaban J connectivity index is 2.03. The quantitative estimate of drug-likeness (QED) is 0.887. The molecule has 21 heavy (non-hydrogen) atoms. The second kappa shape index (κ2) is 6.20. The molecule has 1 heterocycles. The van der Waals surface area contributed by atoms with Crippen molar-refractivity contribution in [2.75, 3.05) is 13.2 Å². The maximum Gasteiger partial charge on any atom is 0.122 e. The van der Waals surface area contributed by atoms with Crippen LogP contribution in [0.2, 0.25) is 0 Å². The molecule has 0 bridgehead atoms. The second-order valence-electron chi connectivity index (χ2n) is 5.43. The smallest absolute Gasteiger partial charge is 0.122 e. The van der Waals surface area contributed by atoms with Crippen LogP contribution in [-0.2, 0) is 6.42 Å². The Morgan fingerprint density at radius 3 is 2.95 bits per heavy atom. The van der Waals surface area contributed by atoms with Crippen LogP contribution in [0.15, 0.2) is 40.9 Å². The van der Waals surface area contributed by atoms with Crippen molar-refractivity contribution in [3.05, 3.63) is 63.1 Å². The van der Waals surface area contributed by atoms with Crippen molar-refractivity contribution >= 4 is 15.9 Å². The van der Waals surface area contributed by atoms with E-state index in [1.807, 2.05) is 0 Å². The topological polar surface area (TPSA) is 21.3 Å². The Labute approximate surface area is 134 Å². The van der Waals surface area contributed by atoms with Gasteiger partial charge in [0.05, 0.1) is 12.6 Å². The predicted octanol–water partition coefficient (Wildman–Crippen LogP) is 4.39. The van der Waals surface area contributed by atoms with E-state index in [4.69, 9.17) is 4.74 Å². The van der Waals surface area contributed by atoms with Gasteiger partial charge in [-0.15, -0.1) is 0 Å². The van der Waals surface area contributed by atoms with Crippen molar-refractivity contribution in [3.8, 4) is 5.75 Å². The minimum atomic E-state index is 0.204. The van der Waals surface area contributed by atoms with Crippen molar-refractivity contribution in [3.63, 3.8) is 0 Å². The molecule has 1 N–H and O–H groups in total. The van der Waals surface area contributed by atoms with Gasteiger partial charge in [-0.3, -0.25) is 0 Å². The Morgan fingerprint density at radius 1 is 1.29 bits per heavy atom. The van der Waals surface area contributed by atoms with Gasteiger partial charge in [-0.05, 0) is 41.8 Å². The van der Waals surface area contributed by atoms with Crippen molar-refractivity contribution in [2.45, 2.75) is 26.3 Å². The first-order valence-electron chi connectivity index (χ1n) is 7.44. The fourth-order valence-electron chi connectivity index (χ4n) is 2.89. The third kappa shape index (κ3) is 2.85. The van der Waals surface area contributed by atoms with Crippen LogP contribution in [0, 0.1) is 6.92 Å². The molecule has 0 radical (unpaired) electrons. The zero-order chi connectivity index (χ0) is 14.8. The summed E-state index contributed by atoms with van der Waals surface area (Å²) in [6.45, 7) is 6.01. The van der Waals surface area contributed by atoms with Gasteiger partial charge in [0.2, 0.25) is 0 Å². The van der Waals surface area contributed by atoms with Crippen molar-refractivity contribution in [1.29, 1.82) is 0 Å². The number of benzene rings is 2. The molecule has 2 nitrogen and oxygen atoms in total. The van der Waals surface area contributed by atoms with E-state index in [9.17, 15) is 0 Å². The highest BCUT2D eigenvalue weighted by Crippen LogP contribution is 2.34. The summed E-state index contributed by atoms with van der Waals surface area (Å²) in [6.07, 6.45) is 1.01. The van der Waals surface area contributed by atoms with E-state index in [1.165, 1.54) is 26.7 Å². The van der Waals surface area contributed by atoms with Crippen LogP contribution in [0.5, 0.6) is 5.75 Å². The predicted molar refractivity (Wildman–Crippen MR) is 90.0 cm³/mol. The van der Waals surface area contributed by atoms with Gasteiger partial charge in [0, 0.05) is 10.9 Å². The van der Waals surface area contributed by atoms with Crippen molar-refractivity contribution < 1.29 is 4.74 Å². The van der Waals surface area contributed by atoms with Crippen LogP contribution in [0.4, 0.5) is 0 Å². The third-order valence-corrected chi connectivity index (χ3v) is 5.07. The van der Waals surface area contributed by atoms with E-state index in [0.717, 1.165) is 25.3 Å². The lowest BCUT2D eigenvalue weighted by molar-refractivity contribution is 0.357. The van der Waals surface area contributed by atoms with Gasteiger partial charge < -0.3 is 10.1 Å². The van der Waals surface area contributed by atoms with Crippen LogP contribution in [0.1, 0.15) is 35.2 Å². The van der Waals surface area contributed by atoms with Gasteiger partial charge in [-0.1, -0.05) is 53.2 Å². The number of hydrogen-bond acceptors (Lipinski definition) is 2. The van der Waals surface area contributed by atoms with E-state index in [1.54, 1.807) is 0 Å². The Hall–Kier alpha value is -1.32. The second-order valence-corrected chi connectivity index (χ2v) is 6.23. The van der Waals surface area contributed by atoms with Gasteiger partial charge >= 0.3 is 0 Å². The van der Waals surface area contributed by atoms with E-state index in [2.05, 4.69) is 71.5 Å². The minimum absolute atomic E-state index is 0.204. The van der Waals surface area contributed by atoms with Gasteiger partial charge in [-0.2, -0.15) is 0 Å². The van der Waals surface area contributed by atoms with Crippen LogP contribution < -0.4 is 10.1 Å². The number of ether oxygens (including phenoxy) is 1. The van der Waals surface area contributed by atoms with E-state index in [0.29, 0.717) is 0 Å². The van der Waals surface area contributed by atoms with E-state index in [-0.39, 0.29) is 6.04 Å². The molecule has 0 spiro atoms. The van der Waals surface area contributed by atoms with E-state index >= 15 is 0 Å². The molecule has 0 amide bonds. The number of rotatable bonds is 4. The first-order valence-corrected chi connectivity index (χ1v) is 8.24. The van der Waals surface area contributed by atoms with Gasteiger partial charge in [0.1, 0.15) is 5.75 Å². The lowest BCUT2D eigenvalue weighted by Gasteiger charge is -2.21. The summed E-state index contributed by atoms with van der Waals surface area (Å²) in [7, 11) is 0. The van der Waals surface area contributed by atoms with Crippen molar-refractivity contribution in [1.82, 2.24) is 5.32 Å². The fraction of sp³-hybridized carbons (Fsp3) is 0.333. The molecular weight excluding hydrogens is 326 g/mol. The molecule has 1 aliphatic rings. The summed E-state index contributed by atoms with van der Waals surface area (Å²) in [4.78, 5) is 0. The normalized spacial score (nSPS) is 14.6. The fourth-order valence-corrected chi connectivity index (χ4v) is 3.38. The minimum Gasteiger partial charge on any atom is -0.493 e. The Bertz CT molecular complexity index is 654. The van der Waals surface area contributed by atoms with Gasteiger partial charge in [0.15, 0.2) is 0 Å². The third-order valence-electron chi connectivity index (χ3n) is 3.99. The molecule has 0 fully saturated rings. The molecule has 0 aromatic heterocycles. The van der Waals surface area contributed by atoms with E-state index < -0.39 is 0 Å². The average molecular weight is 346 g/mol. The number of halogens is 1. The van der Waals surface area contributed by atoms with Crippen LogP contribution in [0.25, 0.3) is 0 Å². The molecule has 1 unspecified atom stereocenters. The molecule has 2 aromatic carbocycles. The van der Waals surface area contributed by atoms with Crippen LogP contribution in [-0.4, -0.2) is 13.2 Å². The SMILES string of the molecule is CCNC(c1ccc2c(c1)CCO2)c1cccc(C)c1Br. The first kappa shape index (κ1) is 14.6. The number of fused-ring (bicyclic) bond motifs is 1. The molecular formula is C18H20BrNO. The molecule has 3 heteroatoms. The molecule has 1 atom stereocenters. The molecule has 0 aliphatic carbocycles. The summed E-state index contributed by atoms with van der Waals surface area (Å²) >= 11 is 3.75. The standard InChI is InChI=1S/C18H20BrNO/c1-3-20-18(15-6-4-5-12(2)17(15)19)14-7-8-16-13(11-14)9-10-21-16/h4-8,11,18,20H,3,9-10H2,1-2H3. The van der Waals surface area contributed by atoms with Crippen molar-refractivity contribution in [2.24, 2.45) is 0 Å². The molecule has 0 saturated heterocycles. The highest BCUT2D eigenvalue weighted by Gasteiger charge is 2.20. The lowest BCUT2D eigenvalue weighted by atomic mass is 9.95. The number of aryl methyl sites for hydroxylation is 1. The number of nitrogens with one attached hydrogen (secondary N) is 1. The van der Waals surface area contributed by atoms with Crippen LogP contribution >= 0.6 is 15.9 Å². The monoisotopic (exact) mass is 345 g/mol. The Morgan fingerprint density at radius 2 is 2.14 bits per heavy atom. The zero-order valence-corrected chi connectivity index (χ0v) is 14.0. The highest BCUT2D eigenvalue weighted by atomic mass is 79.9. The maximum atomic E-state index is 5.61. The summed E-state index contributed by atoms with van der Waals surface area (Å²) in [5, 5.41) is 3.60. The van der Waals surface area contributed by atoms with Gasteiger partial charge in [0.25, 0.3) is 0 Å². The summed E-state index contributed by atoms with van der Waals surface area (Å²) in [6, 6.07) is 13.2. The lowest BCUT2D eigenvalue weighted by Crippen LogP contribution is -2.22. The highest BCUT2D eigenvalue weighted by molar-refractivity contribution is 9.10. The first-order chi connectivity index (χ1) is 10.2. The van der Waals surface area contributed by atoms with Crippen LogP contribution in [0.3, 0.4) is 0 Å². The van der Waals surface area contributed by atoms with Gasteiger partial charge in [-0.25, -0.2) is 0 Å². The number of hydrogen-bond donors (Lipinski definition) is 1.